The Labute approximate surface area is 525 Å². The third-order valence-corrected chi connectivity index (χ3v) is 18.3. The number of quaternary nitrogens is 1. The predicted molar refractivity (Wildman–Crippen MR) is 367 cm³/mol. The lowest BCUT2D eigenvalue weighted by Gasteiger charge is -2.29. The van der Waals surface area contributed by atoms with Crippen molar-refractivity contribution in [2.45, 2.75) is 398 Å². The van der Waals surface area contributed by atoms with E-state index in [0.717, 1.165) is 44.9 Å². The molecular weight excluding hydrogens is 1060 g/mol. The fourth-order valence-corrected chi connectivity index (χ4v) is 12.3. The van der Waals surface area contributed by atoms with Crippen LogP contribution >= 0.6 is 7.82 Å². The number of carbonyl (C=O) groups excluding carboxylic acids is 1. The summed E-state index contributed by atoms with van der Waals surface area (Å²) < 4.78 is 23.4. The van der Waals surface area contributed by atoms with Crippen LogP contribution in [0.4, 0.5) is 0 Å². The van der Waals surface area contributed by atoms with E-state index in [0.29, 0.717) is 17.4 Å². The zero-order valence-electron chi connectivity index (χ0n) is 57.1. The molecule has 0 saturated heterocycles. The zero-order chi connectivity index (χ0) is 61.2. The van der Waals surface area contributed by atoms with Gasteiger partial charge >= 0.3 is 0 Å². The van der Waals surface area contributed by atoms with Gasteiger partial charge < -0.3 is 28.8 Å². The molecule has 0 aliphatic rings. The van der Waals surface area contributed by atoms with Crippen molar-refractivity contribution in [3.05, 3.63) is 36.5 Å². The first-order chi connectivity index (χ1) is 41.0. The molecule has 2 N–H and O–H groups in total. The Morgan fingerprint density at radius 2 is 0.667 bits per heavy atom. The third-order valence-electron chi connectivity index (χ3n) is 17.3. The number of aliphatic hydroxyl groups excluding tert-OH is 1. The summed E-state index contributed by atoms with van der Waals surface area (Å²) in [5.41, 5.74) is 0. The molecule has 0 aromatic rings. The summed E-state index contributed by atoms with van der Waals surface area (Å²) in [6.07, 6.45) is 88.8. The normalized spacial score (nSPS) is 13.8. The van der Waals surface area contributed by atoms with Gasteiger partial charge in [0.2, 0.25) is 5.91 Å². The van der Waals surface area contributed by atoms with Gasteiger partial charge in [-0.2, -0.15) is 0 Å². The molecule has 0 aliphatic carbocycles. The van der Waals surface area contributed by atoms with Crippen molar-refractivity contribution < 1.29 is 32.9 Å². The van der Waals surface area contributed by atoms with Crippen molar-refractivity contribution in [2.24, 2.45) is 0 Å². The summed E-state index contributed by atoms with van der Waals surface area (Å²) in [6, 6.07) is -0.910. The molecule has 8 nitrogen and oxygen atoms in total. The standard InChI is InChI=1S/C75H147N2O6P/c1-6-8-10-12-14-16-18-20-22-24-26-28-30-32-33-34-35-36-37-38-39-40-41-42-43-45-47-49-51-53-55-57-59-61-63-65-67-69-75(79)76-73(72-83-84(80,81)82-71-70-77(3,4)5)74(78)68-66-64-62-60-58-56-54-52-50-48-46-44-31-29-27-25-23-21-19-17-15-13-11-9-7-2/h50,52,58,60,66,68,73-74,78H,6-49,51,53-57,59,61-65,67,69-72H2,1-5H3,(H-,76,79,80,81)/b52-50+,60-58+,68-66+. The smallest absolute Gasteiger partial charge is 0.268 e. The predicted octanol–water partition coefficient (Wildman–Crippen LogP) is 23.4. The van der Waals surface area contributed by atoms with E-state index in [1.807, 2.05) is 27.2 Å². The molecule has 0 saturated carbocycles. The van der Waals surface area contributed by atoms with Crippen LogP contribution in [-0.4, -0.2) is 68.5 Å². The summed E-state index contributed by atoms with van der Waals surface area (Å²) in [6.45, 7) is 4.68. The SMILES string of the molecule is CCCCCCCCCCCCCCCCC/C=C/CC/C=C/CC/C=C/C(O)C(COP(=O)([O-])OCC[N+](C)(C)C)NC(=O)CCCCCCCCCCCCCCCCCCCCCCCCCCCCCCCCCCCCCCC. The summed E-state index contributed by atoms with van der Waals surface area (Å²) in [7, 11) is 1.25. The lowest BCUT2D eigenvalue weighted by molar-refractivity contribution is -0.870. The maximum Gasteiger partial charge on any atom is 0.268 e. The average molecular weight is 1200 g/mol. The van der Waals surface area contributed by atoms with Crippen molar-refractivity contribution in [1.82, 2.24) is 5.32 Å². The summed E-state index contributed by atoms with van der Waals surface area (Å²) in [5.74, 6) is -0.203. The largest absolute Gasteiger partial charge is 0.756 e. The van der Waals surface area contributed by atoms with E-state index in [9.17, 15) is 19.4 Å². The molecule has 0 fully saturated rings. The minimum atomic E-state index is -4.62. The molecule has 0 spiro atoms. The Morgan fingerprint density at radius 1 is 0.405 bits per heavy atom. The Hall–Kier alpha value is -1.28. The molecule has 0 rings (SSSR count). The fourth-order valence-electron chi connectivity index (χ4n) is 11.5. The van der Waals surface area contributed by atoms with E-state index in [1.54, 1.807) is 6.08 Å². The molecule has 84 heavy (non-hydrogen) atoms. The molecular formula is C75H147N2O6P. The van der Waals surface area contributed by atoms with Crippen LogP contribution in [0.1, 0.15) is 386 Å². The van der Waals surface area contributed by atoms with Crippen molar-refractivity contribution in [2.75, 3.05) is 40.9 Å². The van der Waals surface area contributed by atoms with E-state index < -0.39 is 26.6 Å². The van der Waals surface area contributed by atoms with E-state index >= 15 is 0 Å². The second-order valence-corrected chi connectivity index (χ2v) is 28.4. The highest BCUT2D eigenvalue weighted by Crippen LogP contribution is 2.38. The van der Waals surface area contributed by atoms with Gasteiger partial charge in [0, 0.05) is 6.42 Å². The van der Waals surface area contributed by atoms with E-state index in [2.05, 4.69) is 43.5 Å². The van der Waals surface area contributed by atoms with Crippen LogP contribution in [0.25, 0.3) is 0 Å². The molecule has 3 atom stereocenters. The number of rotatable bonds is 70. The first-order valence-corrected chi connectivity index (χ1v) is 38.8. The number of carbonyl (C=O) groups is 1. The fraction of sp³-hybridized carbons (Fsp3) is 0.907. The lowest BCUT2D eigenvalue weighted by Crippen LogP contribution is -2.45. The molecule has 9 heteroatoms. The van der Waals surface area contributed by atoms with Crippen LogP contribution in [0, 0.1) is 0 Å². The molecule has 0 radical (unpaired) electrons. The summed E-state index contributed by atoms with van der Waals surface area (Å²) in [4.78, 5) is 25.6. The van der Waals surface area contributed by atoms with Gasteiger partial charge in [-0.15, -0.1) is 0 Å². The molecule has 3 unspecified atom stereocenters. The summed E-state index contributed by atoms with van der Waals surface area (Å²) >= 11 is 0. The Kier molecular flexibility index (Phi) is 65.1. The van der Waals surface area contributed by atoms with Gasteiger partial charge in [-0.05, 0) is 44.9 Å². The molecule has 0 bridgehead atoms. The van der Waals surface area contributed by atoms with Crippen molar-refractivity contribution in [1.29, 1.82) is 0 Å². The van der Waals surface area contributed by atoms with Gasteiger partial charge in [0.1, 0.15) is 13.2 Å². The van der Waals surface area contributed by atoms with Gasteiger partial charge in [0.25, 0.3) is 7.82 Å². The number of nitrogens with zero attached hydrogens (tertiary/aromatic N) is 1. The topological polar surface area (TPSA) is 108 Å². The van der Waals surface area contributed by atoms with Crippen LogP contribution in [0.3, 0.4) is 0 Å². The molecule has 0 heterocycles. The first kappa shape index (κ1) is 82.7. The number of hydrogen-bond acceptors (Lipinski definition) is 6. The Balaban J connectivity index is 3.99. The number of allylic oxidation sites excluding steroid dienone is 5. The second kappa shape index (κ2) is 66.1. The number of aliphatic hydroxyl groups is 1. The monoisotopic (exact) mass is 1200 g/mol. The number of unbranched alkanes of at least 4 members (excludes halogenated alkanes) is 53. The van der Waals surface area contributed by atoms with Gasteiger partial charge in [0.15, 0.2) is 0 Å². The van der Waals surface area contributed by atoms with Crippen molar-refractivity contribution >= 4 is 13.7 Å². The average Bonchev–Trinajstić information content (AvgIpc) is 3.56. The highest BCUT2D eigenvalue weighted by atomic mass is 31.2. The first-order valence-electron chi connectivity index (χ1n) is 37.4. The molecule has 0 aromatic carbocycles. The van der Waals surface area contributed by atoms with Crippen LogP contribution in [0.15, 0.2) is 36.5 Å². The number of amides is 1. The van der Waals surface area contributed by atoms with Crippen LogP contribution in [0.2, 0.25) is 0 Å². The van der Waals surface area contributed by atoms with Crippen LogP contribution in [-0.2, 0) is 18.4 Å². The van der Waals surface area contributed by atoms with Crippen molar-refractivity contribution in [3.63, 3.8) is 0 Å². The van der Waals surface area contributed by atoms with Gasteiger partial charge in [-0.25, -0.2) is 0 Å². The summed E-state index contributed by atoms with van der Waals surface area (Å²) in [5, 5.41) is 13.9. The van der Waals surface area contributed by atoms with E-state index in [-0.39, 0.29) is 12.5 Å². The second-order valence-electron chi connectivity index (χ2n) is 27.0. The zero-order valence-corrected chi connectivity index (χ0v) is 58.0. The highest BCUT2D eigenvalue weighted by Gasteiger charge is 2.23. The lowest BCUT2D eigenvalue weighted by atomic mass is 10.0. The third kappa shape index (κ3) is 68.2. The van der Waals surface area contributed by atoms with Gasteiger partial charge in [-0.1, -0.05) is 371 Å². The highest BCUT2D eigenvalue weighted by molar-refractivity contribution is 7.45. The molecule has 498 valence electrons. The Morgan fingerprint density at radius 3 is 0.964 bits per heavy atom. The molecule has 1 amide bonds. The van der Waals surface area contributed by atoms with E-state index in [1.165, 1.54) is 321 Å². The van der Waals surface area contributed by atoms with Crippen LogP contribution < -0.4 is 10.2 Å². The maximum atomic E-state index is 13.0. The number of nitrogens with one attached hydrogen (secondary N) is 1. The number of hydrogen-bond donors (Lipinski definition) is 2. The number of likely N-dealkylation sites (N-methyl/N-ethyl adjacent to an activating group) is 1. The van der Waals surface area contributed by atoms with E-state index in [4.69, 9.17) is 9.05 Å². The minimum absolute atomic E-state index is 0.00704. The quantitative estimate of drug-likeness (QED) is 0.0272. The maximum absolute atomic E-state index is 13.0. The number of phosphoric ester groups is 1. The molecule has 0 aromatic heterocycles. The number of phosphoric acid groups is 1. The minimum Gasteiger partial charge on any atom is -0.756 e. The van der Waals surface area contributed by atoms with Crippen molar-refractivity contribution in [3.8, 4) is 0 Å². The molecule has 0 aliphatic heterocycles. The van der Waals surface area contributed by atoms with Gasteiger partial charge in [0.05, 0.1) is 39.9 Å². The van der Waals surface area contributed by atoms with Gasteiger partial charge in [-0.3, -0.25) is 9.36 Å². The Bertz CT molecular complexity index is 1460. The van der Waals surface area contributed by atoms with Crippen LogP contribution in [0.5, 0.6) is 0 Å².